The van der Waals surface area contributed by atoms with Gasteiger partial charge in [0.15, 0.2) is 11.6 Å². The van der Waals surface area contributed by atoms with Gasteiger partial charge in [-0.1, -0.05) is 63.9 Å². The number of hydrogen-bond acceptors (Lipinski definition) is 2. The van der Waals surface area contributed by atoms with Crippen LogP contribution in [-0.4, -0.2) is 6.61 Å². The minimum atomic E-state index is -2.94. The van der Waals surface area contributed by atoms with Gasteiger partial charge in [0.05, 0.1) is 0 Å². The van der Waals surface area contributed by atoms with Crippen LogP contribution in [0.1, 0.15) is 70.8 Å². The highest BCUT2D eigenvalue weighted by Gasteiger charge is 2.30. The second kappa shape index (κ2) is 12.8. The summed E-state index contributed by atoms with van der Waals surface area (Å²) in [6.45, 7) is -0.772. The Morgan fingerprint density at radius 3 is 2.14 bits per heavy atom. The van der Waals surface area contributed by atoms with Gasteiger partial charge in [-0.2, -0.15) is 8.78 Å². The molecule has 1 aliphatic carbocycles. The van der Waals surface area contributed by atoms with Gasteiger partial charge in [0.1, 0.15) is 17.3 Å². The van der Waals surface area contributed by atoms with E-state index in [0.29, 0.717) is 17.0 Å². The first-order valence-electron chi connectivity index (χ1n) is 12.3. The fourth-order valence-corrected chi connectivity index (χ4v) is 4.96. The first kappa shape index (κ1) is 27.6. The lowest BCUT2D eigenvalue weighted by molar-refractivity contribution is -0.0498. The van der Waals surface area contributed by atoms with E-state index in [2.05, 4.69) is 11.7 Å². The Balaban J connectivity index is 0.00000361. The first-order valence-corrected chi connectivity index (χ1v) is 12.3. The lowest BCUT2D eigenvalue weighted by Gasteiger charge is -2.30. The average molecular weight is 503 g/mol. The molecule has 0 unspecified atom stereocenters. The van der Waals surface area contributed by atoms with Crippen LogP contribution in [0.4, 0.5) is 17.6 Å². The molecule has 0 amide bonds. The normalized spacial score (nSPS) is 17.5. The third-order valence-electron chi connectivity index (χ3n) is 6.78. The Morgan fingerprint density at radius 1 is 0.889 bits per heavy atom. The Hall–Kier alpha value is -3.02. The van der Waals surface area contributed by atoms with Crippen LogP contribution in [0, 0.1) is 17.6 Å². The van der Waals surface area contributed by atoms with Crippen LogP contribution < -0.4 is 9.47 Å². The number of alkyl halides is 2. The van der Waals surface area contributed by atoms with Gasteiger partial charge < -0.3 is 9.47 Å². The van der Waals surface area contributed by atoms with Gasteiger partial charge in [-0.25, -0.2) is 8.78 Å². The molecule has 0 aliphatic heterocycles. The van der Waals surface area contributed by atoms with E-state index in [-0.39, 0.29) is 36.2 Å². The lowest BCUT2D eigenvalue weighted by Crippen LogP contribution is -2.16. The van der Waals surface area contributed by atoms with E-state index < -0.39 is 18.2 Å². The van der Waals surface area contributed by atoms with Crippen molar-refractivity contribution in [1.29, 1.82) is 0 Å². The molecular formula is C30H34F4O2. The zero-order chi connectivity index (χ0) is 24.8. The predicted octanol–water partition coefficient (Wildman–Crippen LogP) is 10.1. The molecule has 0 atom stereocenters. The van der Waals surface area contributed by atoms with Gasteiger partial charge in [-0.3, -0.25) is 0 Å². The molecule has 2 nitrogen and oxygen atoms in total. The van der Waals surface area contributed by atoms with E-state index in [1.807, 2.05) is 6.07 Å². The number of benzene rings is 3. The van der Waals surface area contributed by atoms with E-state index in [1.54, 1.807) is 24.3 Å². The monoisotopic (exact) mass is 502 g/mol. The Kier molecular flexibility index (Phi) is 9.80. The van der Waals surface area contributed by atoms with Gasteiger partial charge >= 0.3 is 6.61 Å². The number of ether oxygens (including phenoxy) is 2. The zero-order valence-electron chi connectivity index (χ0n) is 19.8. The molecule has 1 aliphatic rings. The minimum Gasteiger partial charge on any atom is -0.454 e. The Labute approximate surface area is 211 Å². The lowest BCUT2D eigenvalue weighted by atomic mass is 9.76. The molecule has 1 saturated carbocycles. The van der Waals surface area contributed by atoms with Gasteiger partial charge in [-0.15, -0.1) is 0 Å². The molecule has 3 aromatic carbocycles. The Bertz CT molecular complexity index is 1090. The molecular weight excluding hydrogens is 468 g/mol. The van der Waals surface area contributed by atoms with E-state index in [0.717, 1.165) is 32.1 Å². The number of hydrogen-bond donors (Lipinski definition) is 0. The van der Waals surface area contributed by atoms with Crippen LogP contribution in [0.25, 0.3) is 11.1 Å². The maximum atomic E-state index is 16.0. The molecule has 3 aromatic rings. The van der Waals surface area contributed by atoms with Crippen molar-refractivity contribution in [3.63, 3.8) is 0 Å². The average Bonchev–Trinajstić information content (AvgIpc) is 2.86. The van der Waals surface area contributed by atoms with Crippen molar-refractivity contribution in [2.24, 2.45) is 5.92 Å². The molecule has 0 saturated heterocycles. The molecule has 194 valence electrons. The first-order chi connectivity index (χ1) is 17.0. The highest BCUT2D eigenvalue weighted by molar-refractivity contribution is 5.72. The third kappa shape index (κ3) is 6.59. The SMILES string of the molecule is C.CCCC[C@H]1CC[C@H](c2c(F)cc(-c3ccccc3)c(Oc3ccc(OC(F)F)cc3)c2F)CC1. The summed E-state index contributed by atoms with van der Waals surface area (Å²) in [6, 6.07) is 15.8. The highest BCUT2D eigenvalue weighted by Crippen LogP contribution is 2.45. The van der Waals surface area contributed by atoms with Crippen LogP contribution >= 0.6 is 0 Å². The van der Waals surface area contributed by atoms with Gasteiger partial charge in [-0.05, 0) is 73.4 Å². The summed E-state index contributed by atoms with van der Waals surface area (Å²) in [5.41, 5.74) is 0.993. The summed E-state index contributed by atoms with van der Waals surface area (Å²) in [6.07, 6.45) is 6.92. The van der Waals surface area contributed by atoms with E-state index >= 15 is 8.78 Å². The molecule has 0 aromatic heterocycles. The smallest absolute Gasteiger partial charge is 0.387 e. The summed E-state index contributed by atoms with van der Waals surface area (Å²) >= 11 is 0. The molecule has 0 radical (unpaired) electrons. The fourth-order valence-electron chi connectivity index (χ4n) is 4.96. The molecule has 4 rings (SSSR count). The minimum absolute atomic E-state index is 0. The van der Waals surface area contributed by atoms with Crippen LogP contribution in [0.15, 0.2) is 60.7 Å². The van der Waals surface area contributed by atoms with Crippen molar-refractivity contribution in [2.45, 2.75) is 71.8 Å². The predicted molar refractivity (Wildman–Crippen MR) is 136 cm³/mol. The summed E-state index contributed by atoms with van der Waals surface area (Å²) in [4.78, 5) is 0. The van der Waals surface area contributed by atoms with Crippen molar-refractivity contribution in [1.82, 2.24) is 0 Å². The van der Waals surface area contributed by atoms with Crippen molar-refractivity contribution in [3.05, 3.63) is 77.9 Å². The topological polar surface area (TPSA) is 18.5 Å². The van der Waals surface area contributed by atoms with Crippen molar-refractivity contribution in [2.75, 3.05) is 0 Å². The van der Waals surface area contributed by atoms with E-state index in [9.17, 15) is 8.78 Å². The fraction of sp³-hybridized carbons (Fsp3) is 0.400. The molecule has 0 N–H and O–H groups in total. The summed E-state index contributed by atoms with van der Waals surface area (Å²) < 4.78 is 66.6. The maximum absolute atomic E-state index is 16.0. The molecule has 0 bridgehead atoms. The van der Waals surface area contributed by atoms with Crippen LogP contribution in [0.2, 0.25) is 0 Å². The second-order valence-corrected chi connectivity index (χ2v) is 9.14. The van der Waals surface area contributed by atoms with Crippen molar-refractivity contribution < 1.29 is 27.0 Å². The Morgan fingerprint density at radius 2 is 1.53 bits per heavy atom. The highest BCUT2D eigenvalue weighted by atomic mass is 19.3. The van der Waals surface area contributed by atoms with Crippen LogP contribution in [0.3, 0.4) is 0 Å². The van der Waals surface area contributed by atoms with Gasteiger partial charge in [0.2, 0.25) is 0 Å². The zero-order valence-corrected chi connectivity index (χ0v) is 19.8. The number of rotatable bonds is 9. The number of halogens is 4. The molecule has 0 spiro atoms. The molecule has 36 heavy (non-hydrogen) atoms. The quantitative estimate of drug-likeness (QED) is 0.271. The van der Waals surface area contributed by atoms with Crippen LogP contribution in [-0.2, 0) is 0 Å². The standard InChI is InChI=1S/C29H30F4O2.CH4/c1-2-3-7-19-10-12-21(13-11-19)26-25(30)18-24(20-8-5-4-6-9-20)28(27(26)31)34-22-14-16-23(17-15-22)35-29(32)33;/h4-6,8-9,14-19,21,29H,2-3,7,10-13H2,1H3;1H4/t19-,21-;. The van der Waals surface area contributed by atoms with Crippen molar-refractivity contribution in [3.8, 4) is 28.4 Å². The van der Waals surface area contributed by atoms with E-state index in [4.69, 9.17) is 4.74 Å². The maximum Gasteiger partial charge on any atom is 0.387 e. The summed E-state index contributed by atoms with van der Waals surface area (Å²) in [7, 11) is 0. The van der Waals surface area contributed by atoms with Gasteiger partial charge in [0, 0.05) is 11.1 Å². The van der Waals surface area contributed by atoms with Crippen molar-refractivity contribution >= 4 is 0 Å². The largest absolute Gasteiger partial charge is 0.454 e. The molecule has 0 heterocycles. The summed E-state index contributed by atoms with van der Waals surface area (Å²) in [5, 5.41) is 0. The van der Waals surface area contributed by atoms with Crippen LogP contribution in [0.5, 0.6) is 17.2 Å². The molecule has 6 heteroatoms. The molecule has 1 fully saturated rings. The third-order valence-corrected chi connectivity index (χ3v) is 6.78. The van der Waals surface area contributed by atoms with Gasteiger partial charge in [0.25, 0.3) is 0 Å². The summed E-state index contributed by atoms with van der Waals surface area (Å²) in [5.74, 6) is -0.713. The second-order valence-electron chi connectivity index (χ2n) is 9.14. The van der Waals surface area contributed by atoms with E-state index in [1.165, 1.54) is 43.2 Å². The number of unbranched alkanes of at least 4 members (excludes halogenated alkanes) is 1.